The largest absolute Gasteiger partial charge is 0.335 e. The number of aryl methyl sites for hydroxylation is 3. The number of barbiturate groups is 1. The molecule has 1 aromatic carbocycles. The summed E-state index contributed by atoms with van der Waals surface area (Å²) in [7, 11) is 0. The first-order valence-electron chi connectivity index (χ1n) is 8.06. The second-order valence-corrected chi connectivity index (χ2v) is 6.25. The molecule has 6 nitrogen and oxygen atoms in total. The van der Waals surface area contributed by atoms with Gasteiger partial charge in [0.2, 0.25) is 5.91 Å². The van der Waals surface area contributed by atoms with E-state index in [2.05, 4.69) is 10.3 Å². The van der Waals surface area contributed by atoms with Crippen molar-refractivity contribution in [2.24, 2.45) is 10.9 Å². The quantitative estimate of drug-likeness (QED) is 0.681. The maximum Gasteiger partial charge on any atom is 0.335 e. The van der Waals surface area contributed by atoms with E-state index in [0.29, 0.717) is 5.69 Å². The molecule has 0 spiro atoms. The third-order valence-corrected chi connectivity index (χ3v) is 4.14. The van der Waals surface area contributed by atoms with Crippen LogP contribution in [0.4, 0.5) is 10.5 Å². The van der Waals surface area contributed by atoms with Crippen molar-refractivity contribution in [3.8, 4) is 0 Å². The summed E-state index contributed by atoms with van der Waals surface area (Å²) < 4.78 is 0. The van der Waals surface area contributed by atoms with Gasteiger partial charge < -0.3 is 0 Å². The molecule has 128 valence electrons. The number of nitrogens with zero attached hydrogens (tertiary/aromatic N) is 2. The number of hydrogen-bond donors (Lipinski definition) is 1. The molecule has 0 saturated carbocycles. The molecule has 1 N–H and O–H groups in total. The number of nitrogens with one attached hydrogen (secondary N) is 1. The molecule has 6 heteroatoms. The molecule has 24 heavy (non-hydrogen) atoms. The molecule has 2 rings (SSSR count). The van der Waals surface area contributed by atoms with Crippen LogP contribution < -0.4 is 10.2 Å². The van der Waals surface area contributed by atoms with Crippen molar-refractivity contribution < 1.29 is 14.4 Å². The van der Waals surface area contributed by atoms with Gasteiger partial charge in [-0.05, 0) is 45.2 Å². The highest BCUT2D eigenvalue weighted by atomic mass is 16.2. The zero-order chi connectivity index (χ0) is 18.0. The Morgan fingerprint density at radius 3 is 2.33 bits per heavy atom. The second-order valence-electron chi connectivity index (χ2n) is 6.25. The van der Waals surface area contributed by atoms with Gasteiger partial charge in [-0.1, -0.05) is 24.6 Å². The van der Waals surface area contributed by atoms with Crippen molar-refractivity contribution in [1.29, 1.82) is 0 Å². The normalized spacial score (nSPS) is 19.8. The number of aliphatic imine (C=N–C) groups is 1. The van der Waals surface area contributed by atoms with Gasteiger partial charge in [0, 0.05) is 12.3 Å². The third kappa shape index (κ3) is 3.37. The van der Waals surface area contributed by atoms with Crippen LogP contribution in [-0.4, -0.2) is 30.1 Å². The number of urea groups is 1. The highest BCUT2D eigenvalue weighted by Gasteiger charge is 2.41. The fraction of sp³-hybridized carbons (Fsp3) is 0.444. The molecule has 2 atom stereocenters. The predicted octanol–water partition coefficient (Wildman–Crippen LogP) is 2.68. The van der Waals surface area contributed by atoms with E-state index in [0.717, 1.165) is 28.0 Å². The van der Waals surface area contributed by atoms with Gasteiger partial charge in [0.15, 0.2) is 5.92 Å². The fourth-order valence-corrected chi connectivity index (χ4v) is 2.80. The van der Waals surface area contributed by atoms with Gasteiger partial charge in [0.25, 0.3) is 5.91 Å². The number of carbonyl (C=O) groups is 3. The monoisotopic (exact) mass is 329 g/mol. The molecular weight excluding hydrogens is 306 g/mol. The van der Waals surface area contributed by atoms with Crippen molar-refractivity contribution >= 4 is 29.7 Å². The van der Waals surface area contributed by atoms with Crippen molar-refractivity contribution in [1.82, 2.24) is 5.32 Å². The second kappa shape index (κ2) is 6.95. The fourth-order valence-electron chi connectivity index (χ4n) is 2.80. The van der Waals surface area contributed by atoms with Crippen LogP contribution in [0.2, 0.25) is 0 Å². The Morgan fingerprint density at radius 1 is 1.21 bits per heavy atom. The highest BCUT2D eigenvalue weighted by Crippen LogP contribution is 2.29. The number of anilines is 1. The summed E-state index contributed by atoms with van der Waals surface area (Å²) in [5.74, 6) is -2.28. The summed E-state index contributed by atoms with van der Waals surface area (Å²) in [5.41, 5.74) is 3.19. The average molecular weight is 329 g/mol. The van der Waals surface area contributed by atoms with E-state index in [1.54, 1.807) is 0 Å². The minimum Gasteiger partial charge on any atom is -0.293 e. The molecule has 0 aliphatic carbocycles. The smallest absolute Gasteiger partial charge is 0.293 e. The minimum atomic E-state index is -1.09. The van der Waals surface area contributed by atoms with Crippen molar-refractivity contribution in [2.45, 2.75) is 47.1 Å². The summed E-state index contributed by atoms with van der Waals surface area (Å²) in [4.78, 5) is 42.4. The molecule has 4 amide bonds. The number of carbonyl (C=O) groups excluding carboxylic acids is 3. The zero-order valence-electron chi connectivity index (χ0n) is 14.7. The molecule has 1 saturated heterocycles. The first kappa shape index (κ1) is 17.8. The Morgan fingerprint density at radius 2 is 1.79 bits per heavy atom. The lowest BCUT2D eigenvalue weighted by molar-refractivity contribution is -0.131. The Balaban J connectivity index is 2.44. The maximum absolute atomic E-state index is 12.8. The minimum absolute atomic E-state index is 0.0134. The SMILES string of the molecule is CC[C@@H](C)N=CC1C(=O)NC(=O)N(c2c(C)cc(C)cc2C)C1=O. The van der Waals surface area contributed by atoms with Crippen LogP contribution in [0.15, 0.2) is 17.1 Å². The molecule has 1 aliphatic heterocycles. The van der Waals surface area contributed by atoms with E-state index >= 15 is 0 Å². The molecule has 1 heterocycles. The zero-order valence-corrected chi connectivity index (χ0v) is 14.7. The van der Waals surface area contributed by atoms with Gasteiger partial charge in [-0.25, -0.2) is 9.69 Å². The number of benzene rings is 1. The van der Waals surface area contributed by atoms with E-state index in [1.165, 1.54) is 6.21 Å². The molecule has 1 fully saturated rings. The van der Waals surface area contributed by atoms with Gasteiger partial charge in [-0.3, -0.25) is 19.9 Å². The van der Waals surface area contributed by atoms with Crippen molar-refractivity contribution in [3.63, 3.8) is 0 Å². The molecular formula is C18H23N3O3. The van der Waals surface area contributed by atoms with Crippen LogP contribution in [-0.2, 0) is 9.59 Å². The van der Waals surface area contributed by atoms with Gasteiger partial charge >= 0.3 is 6.03 Å². The molecule has 0 aromatic heterocycles. The Kier molecular flexibility index (Phi) is 5.17. The summed E-state index contributed by atoms with van der Waals surface area (Å²) in [5, 5.41) is 2.26. The van der Waals surface area contributed by atoms with E-state index in [9.17, 15) is 14.4 Å². The average Bonchev–Trinajstić information content (AvgIpc) is 2.48. The van der Waals surface area contributed by atoms with Gasteiger partial charge in [-0.2, -0.15) is 0 Å². The van der Waals surface area contributed by atoms with Crippen molar-refractivity contribution in [2.75, 3.05) is 4.90 Å². The number of hydrogen-bond acceptors (Lipinski definition) is 4. The lowest BCUT2D eigenvalue weighted by Gasteiger charge is -2.31. The lowest BCUT2D eigenvalue weighted by atomic mass is 10.0. The molecule has 0 radical (unpaired) electrons. The van der Waals surface area contributed by atoms with Crippen LogP contribution >= 0.6 is 0 Å². The molecule has 1 aliphatic rings. The first-order valence-corrected chi connectivity index (χ1v) is 8.06. The standard InChI is InChI=1S/C18H23N3O3/c1-6-13(5)19-9-14-16(22)20-18(24)21(17(14)23)15-11(3)7-10(2)8-12(15)4/h7-9,13-14H,6H2,1-5H3,(H,20,22,24)/t13-,14?/m1/s1. The number of rotatable bonds is 4. The van der Waals surface area contributed by atoms with Crippen LogP contribution in [0.1, 0.15) is 37.0 Å². The molecule has 0 bridgehead atoms. The topological polar surface area (TPSA) is 78.8 Å². The van der Waals surface area contributed by atoms with Crippen molar-refractivity contribution in [3.05, 3.63) is 28.8 Å². The molecule has 1 aromatic rings. The lowest BCUT2D eigenvalue weighted by Crippen LogP contribution is -2.59. The predicted molar refractivity (Wildman–Crippen MR) is 93.4 cm³/mol. The van der Waals surface area contributed by atoms with Crippen LogP contribution in [0.3, 0.4) is 0 Å². The summed E-state index contributed by atoms with van der Waals surface area (Å²) >= 11 is 0. The number of imide groups is 2. The Bertz CT molecular complexity index is 701. The van der Waals surface area contributed by atoms with E-state index in [1.807, 2.05) is 46.8 Å². The number of amides is 4. The van der Waals surface area contributed by atoms with Crippen LogP contribution in [0.25, 0.3) is 0 Å². The summed E-state index contributed by atoms with van der Waals surface area (Å²) in [6.07, 6.45) is 2.15. The third-order valence-electron chi connectivity index (χ3n) is 4.14. The highest BCUT2D eigenvalue weighted by molar-refractivity contribution is 6.32. The van der Waals surface area contributed by atoms with Gasteiger partial charge in [0.1, 0.15) is 0 Å². The van der Waals surface area contributed by atoms with Crippen LogP contribution in [0.5, 0.6) is 0 Å². The van der Waals surface area contributed by atoms with E-state index < -0.39 is 23.8 Å². The van der Waals surface area contributed by atoms with E-state index in [-0.39, 0.29) is 6.04 Å². The van der Waals surface area contributed by atoms with E-state index in [4.69, 9.17) is 0 Å². The van der Waals surface area contributed by atoms with Gasteiger partial charge in [0.05, 0.1) is 5.69 Å². The Hall–Kier alpha value is -2.50. The molecule has 1 unspecified atom stereocenters. The maximum atomic E-state index is 12.8. The van der Waals surface area contributed by atoms with Crippen LogP contribution in [0, 0.1) is 26.7 Å². The summed E-state index contributed by atoms with van der Waals surface area (Å²) in [6.45, 7) is 9.51. The first-order chi connectivity index (χ1) is 11.3. The van der Waals surface area contributed by atoms with Gasteiger partial charge in [-0.15, -0.1) is 0 Å². The Labute approximate surface area is 141 Å². The summed E-state index contributed by atoms with van der Waals surface area (Å²) in [6, 6.07) is 3.11.